The standard InChI is InChI=1S/C22H29N3O4/c26-19(17-3-1-5-25(13-17)20(27)18-4-2-6-29-18)23-24-21(28)22-10-14-7-15(11-22)9-16(8-14)12-22/h2,4,6,14-17H,1,3,5,7-13H2,(H,23,26)(H,24,28)/t14?,15?,16?,17-,22?/m0/s1. The average molecular weight is 399 g/mol. The molecule has 29 heavy (non-hydrogen) atoms. The minimum absolute atomic E-state index is 0.00993. The molecule has 1 saturated heterocycles. The molecule has 2 heterocycles. The highest BCUT2D eigenvalue weighted by Gasteiger charge is 2.54. The molecule has 0 spiro atoms. The van der Waals surface area contributed by atoms with Crippen LogP contribution in [0.15, 0.2) is 22.8 Å². The van der Waals surface area contributed by atoms with Crippen molar-refractivity contribution in [1.82, 2.24) is 15.8 Å². The molecule has 5 fully saturated rings. The van der Waals surface area contributed by atoms with Crippen LogP contribution in [0, 0.1) is 29.1 Å². The fourth-order valence-electron chi connectivity index (χ4n) is 6.67. The first kappa shape index (κ1) is 18.7. The largest absolute Gasteiger partial charge is 0.459 e. The van der Waals surface area contributed by atoms with E-state index in [1.165, 1.54) is 25.5 Å². The molecule has 0 aromatic carbocycles. The summed E-state index contributed by atoms with van der Waals surface area (Å²) in [6, 6.07) is 3.32. The van der Waals surface area contributed by atoms with Gasteiger partial charge in [0.1, 0.15) is 0 Å². The van der Waals surface area contributed by atoms with Gasteiger partial charge in [-0.1, -0.05) is 0 Å². The van der Waals surface area contributed by atoms with Gasteiger partial charge in [-0.25, -0.2) is 0 Å². The van der Waals surface area contributed by atoms with Crippen LogP contribution in [0.5, 0.6) is 0 Å². The van der Waals surface area contributed by atoms with Crippen molar-refractivity contribution >= 4 is 17.7 Å². The fraction of sp³-hybridized carbons (Fsp3) is 0.682. The Morgan fingerprint density at radius 3 is 2.34 bits per heavy atom. The summed E-state index contributed by atoms with van der Waals surface area (Å²) in [5.74, 6) is 1.61. The van der Waals surface area contributed by atoms with E-state index in [4.69, 9.17) is 4.42 Å². The van der Waals surface area contributed by atoms with E-state index < -0.39 is 0 Å². The Kier molecular flexibility index (Phi) is 4.63. The zero-order valence-corrected chi connectivity index (χ0v) is 16.7. The highest BCUT2D eigenvalue weighted by atomic mass is 16.3. The topological polar surface area (TPSA) is 91.7 Å². The second kappa shape index (κ2) is 7.18. The van der Waals surface area contributed by atoms with Crippen molar-refractivity contribution in [3.05, 3.63) is 24.2 Å². The molecule has 4 bridgehead atoms. The van der Waals surface area contributed by atoms with Gasteiger partial charge in [-0.15, -0.1) is 0 Å². The Morgan fingerprint density at radius 1 is 1.03 bits per heavy atom. The number of carbonyl (C=O) groups excluding carboxylic acids is 3. The summed E-state index contributed by atoms with van der Waals surface area (Å²) in [6.07, 6.45) is 9.68. The Hall–Kier alpha value is -2.31. The molecule has 4 aliphatic carbocycles. The Labute approximate surface area is 170 Å². The number of hydrogen-bond acceptors (Lipinski definition) is 4. The summed E-state index contributed by atoms with van der Waals surface area (Å²) in [7, 11) is 0. The lowest BCUT2D eigenvalue weighted by Gasteiger charge is -2.55. The third-order valence-corrected chi connectivity index (χ3v) is 7.63. The number of piperidine rings is 1. The molecule has 2 N–H and O–H groups in total. The Balaban J connectivity index is 1.17. The first-order valence-electron chi connectivity index (χ1n) is 11.0. The van der Waals surface area contributed by atoms with E-state index in [1.54, 1.807) is 17.0 Å². The molecule has 0 unspecified atom stereocenters. The molecule has 1 aromatic rings. The number of carbonyl (C=O) groups is 3. The van der Waals surface area contributed by atoms with Gasteiger partial charge in [0.15, 0.2) is 5.76 Å². The van der Waals surface area contributed by atoms with Gasteiger partial charge >= 0.3 is 0 Å². The quantitative estimate of drug-likeness (QED) is 0.764. The van der Waals surface area contributed by atoms with Gasteiger partial charge in [0.05, 0.1) is 17.6 Å². The van der Waals surface area contributed by atoms with Crippen molar-refractivity contribution in [1.29, 1.82) is 0 Å². The number of amides is 3. The van der Waals surface area contributed by atoms with Gasteiger partial charge in [-0.2, -0.15) is 0 Å². The van der Waals surface area contributed by atoms with Crippen molar-refractivity contribution in [3.63, 3.8) is 0 Å². The van der Waals surface area contributed by atoms with E-state index in [0.29, 0.717) is 43.0 Å². The Morgan fingerprint density at radius 2 is 1.72 bits per heavy atom. The van der Waals surface area contributed by atoms with Crippen molar-refractivity contribution in [2.45, 2.75) is 51.4 Å². The fourth-order valence-corrected chi connectivity index (χ4v) is 6.67. The van der Waals surface area contributed by atoms with Crippen LogP contribution < -0.4 is 10.9 Å². The molecule has 0 radical (unpaired) electrons. The number of furan rings is 1. The molecule has 7 heteroatoms. The summed E-state index contributed by atoms with van der Waals surface area (Å²) in [6.45, 7) is 0.960. The van der Waals surface area contributed by atoms with Gasteiger partial charge in [-0.3, -0.25) is 25.2 Å². The number of likely N-dealkylation sites (tertiary alicyclic amines) is 1. The van der Waals surface area contributed by atoms with Crippen molar-refractivity contribution in [2.24, 2.45) is 29.1 Å². The third-order valence-electron chi connectivity index (χ3n) is 7.63. The van der Waals surface area contributed by atoms with Gasteiger partial charge in [0, 0.05) is 13.1 Å². The van der Waals surface area contributed by atoms with E-state index in [9.17, 15) is 14.4 Å². The second-order valence-corrected chi connectivity index (χ2v) is 9.71. The van der Waals surface area contributed by atoms with E-state index in [0.717, 1.165) is 25.7 Å². The molecule has 6 rings (SSSR count). The summed E-state index contributed by atoms with van der Waals surface area (Å²) in [4.78, 5) is 39.9. The number of hydrogen-bond donors (Lipinski definition) is 2. The summed E-state index contributed by atoms with van der Waals surface area (Å²) in [5, 5.41) is 0. The van der Waals surface area contributed by atoms with Crippen LogP contribution in [-0.4, -0.2) is 35.7 Å². The van der Waals surface area contributed by atoms with Gasteiger partial charge < -0.3 is 9.32 Å². The molecule has 156 valence electrons. The summed E-state index contributed by atoms with van der Waals surface area (Å²) < 4.78 is 5.19. The van der Waals surface area contributed by atoms with Gasteiger partial charge in [0.25, 0.3) is 5.91 Å². The third kappa shape index (κ3) is 3.45. The highest BCUT2D eigenvalue weighted by molar-refractivity contribution is 5.92. The Bertz CT molecular complexity index is 768. The lowest BCUT2D eigenvalue weighted by atomic mass is 9.49. The van der Waals surface area contributed by atoms with Crippen LogP contribution in [0.4, 0.5) is 0 Å². The van der Waals surface area contributed by atoms with Crippen LogP contribution in [0.25, 0.3) is 0 Å². The van der Waals surface area contributed by atoms with Crippen molar-refractivity contribution < 1.29 is 18.8 Å². The lowest BCUT2D eigenvalue weighted by molar-refractivity contribution is -0.149. The van der Waals surface area contributed by atoms with E-state index in [-0.39, 0.29) is 29.1 Å². The van der Waals surface area contributed by atoms with Gasteiger partial charge in [-0.05, 0) is 81.3 Å². The number of nitrogens with zero attached hydrogens (tertiary/aromatic N) is 1. The number of rotatable bonds is 3. The molecule has 7 nitrogen and oxygen atoms in total. The van der Waals surface area contributed by atoms with E-state index in [1.807, 2.05) is 0 Å². The maximum atomic E-state index is 13.0. The van der Waals surface area contributed by atoms with Crippen molar-refractivity contribution in [3.8, 4) is 0 Å². The predicted octanol–water partition coefficient (Wildman–Crippen LogP) is 2.50. The second-order valence-electron chi connectivity index (χ2n) is 9.71. The minimum Gasteiger partial charge on any atom is -0.459 e. The zero-order valence-electron chi connectivity index (χ0n) is 16.7. The van der Waals surface area contributed by atoms with Crippen LogP contribution in [0.2, 0.25) is 0 Å². The number of hydrazine groups is 1. The number of nitrogens with one attached hydrogen (secondary N) is 2. The van der Waals surface area contributed by atoms with E-state index in [2.05, 4.69) is 10.9 Å². The lowest BCUT2D eigenvalue weighted by Crippen LogP contribution is -2.58. The molecular weight excluding hydrogens is 370 g/mol. The zero-order chi connectivity index (χ0) is 20.0. The summed E-state index contributed by atoms with van der Waals surface area (Å²) in [5.41, 5.74) is 5.14. The maximum Gasteiger partial charge on any atom is 0.289 e. The first-order valence-corrected chi connectivity index (χ1v) is 11.0. The first-order chi connectivity index (χ1) is 14.0. The molecule has 3 amide bonds. The molecular formula is C22H29N3O4. The minimum atomic E-state index is -0.320. The van der Waals surface area contributed by atoms with Crippen LogP contribution in [-0.2, 0) is 9.59 Å². The normalized spacial score (nSPS) is 35.4. The van der Waals surface area contributed by atoms with Crippen LogP contribution in [0.1, 0.15) is 61.9 Å². The highest BCUT2D eigenvalue weighted by Crippen LogP contribution is 2.60. The molecule has 1 atom stereocenters. The monoisotopic (exact) mass is 399 g/mol. The average Bonchev–Trinajstić information content (AvgIpc) is 3.25. The maximum absolute atomic E-state index is 13.0. The molecule has 5 aliphatic rings. The SMILES string of the molecule is O=C(NNC(=O)C12CC3CC(CC(C3)C1)C2)[C@H]1CCCN(C(=O)c2ccco2)C1. The van der Waals surface area contributed by atoms with E-state index >= 15 is 0 Å². The van der Waals surface area contributed by atoms with Gasteiger partial charge in [0.2, 0.25) is 11.8 Å². The van der Waals surface area contributed by atoms with Crippen LogP contribution in [0.3, 0.4) is 0 Å². The molecule has 1 aliphatic heterocycles. The predicted molar refractivity (Wildman–Crippen MR) is 104 cm³/mol. The summed E-state index contributed by atoms with van der Waals surface area (Å²) >= 11 is 0. The van der Waals surface area contributed by atoms with Crippen molar-refractivity contribution in [2.75, 3.05) is 13.1 Å². The van der Waals surface area contributed by atoms with Crippen LogP contribution >= 0.6 is 0 Å². The smallest absolute Gasteiger partial charge is 0.289 e. The molecule has 4 saturated carbocycles. The molecule has 1 aromatic heterocycles.